The highest BCUT2D eigenvalue weighted by Gasteiger charge is 2.73. The van der Waals surface area contributed by atoms with Crippen molar-refractivity contribution in [3.05, 3.63) is 140 Å². The van der Waals surface area contributed by atoms with E-state index in [4.69, 9.17) is 23.2 Å². The Hall–Kier alpha value is -5.54. The number of hydrogen-bond donors (Lipinski definition) is 4. The minimum absolute atomic E-state index is 0.0322. The lowest BCUT2D eigenvalue weighted by Crippen LogP contribution is -2.55. The van der Waals surface area contributed by atoms with Crippen LogP contribution in [0.4, 0.5) is 37.7 Å². The van der Waals surface area contributed by atoms with Crippen molar-refractivity contribution in [1.29, 1.82) is 0 Å². The van der Waals surface area contributed by atoms with Gasteiger partial charge in [-0.2, -0.15) is 26.3 Å². The van der Waals surface area contributed by atoms with Crippen molar-refractivity contribution in [2.24, 2.45) is 0 Å². The Labute approximate surface area is 315 Å². The number of phenols is 2. The Morgan fingerprint density at radius 3 is 1.29 bits per heavy atom. The van der Waals surface area contributed by atoms with E-state index in [9.17, 15) is 30.0 Å². The van der Waals surface area contributed by atoms with Gasteiger partial charge in [-0.1, -0.05) is 71.7 Å². The van der Waals surface area contributed by atoms with Gasteiger partial charge in [0, 0.05) is 53.8 Å². The van der Waals surface area contributed by atoms with E-state index in [0.717, 1.165) is 0 Å². The number of nitrogens with zero attached hydrogens (tertiary/aromatic N) is 2. The molecule has 16 heteroatoms. The molecule has 8 rings (SSSR count). The van der Waals surface area contributed by atoms with Crippen LogP contribution in [0.2, 0.25) is 10.0 Å². The van der Waals surface area contributed by atoms with Crippen LogP contribution >= 0.6 is 23.2 Å². The van der Waals surface area contributed by atoms with Crippen molar-refractivity contribution in [1.82, 2.24) is 0 Å². The Morgan fingerprint density at radius 2 is 0.927 bits per heavy atom. The minimum atomic E-state index is -6.23. The van der Waals surface area contributed by atoms with Crippen LogP contribution in [0.1, 0.15) is 55.4 Å². The molecular formula is C39H22Cl2F6N2O6. The number of aliphatic hydroxyl groups excluding tert-OH is 2. The highest BCUT2D eigenvalue weighted by Crippen LogP contribution is 2.59. The van der Waals surface area contributed by atoms with Gasteiger partial charge in [0.1, 0.15) is 11.5 Å². The number of alkyl halides is 6. The average Bonchev–Trinajstić information content (AvgIpc) is 3.12. The Morgan fingerprint density at radius 1 is 0.545 bits per heavy atom. The first-order valence-electron chi connectivity index (χ1n) is 16.2. The molecule has 2 aliphatic heterocycles. The van der Waals surface area contributed by atoms with Crippen LogP contribution in [0.3, 0.4) is 0 Å². The summed E-state index contributed by atoms with van der Waals surface area (Å²) >= 11 is 12.6. The quantitative estimate of drug-likeness (QED) is 0.132. The Balaban J connectivity index is 1.32. The minimum Gasteiger partial charge on any atom is -0.506 e. The molecule has 0 radical (unpaired) electrons. The monoisotopic (exact) mass is 798 g/mol. The highest BCUT2D eigenvalue weighted by molar-refractivity contribution is 6.37. The summed E-state index contributed by atoms with van der Waals surface area (Å²) in [4.78, 5) is 28.7. The molecule has 2 atom stereocenters. The van der Waals surface area contributed by atoms with Gasteiger partial charge in [0.15, 0.2) is 12.5 Å². The summed E-state index contributed by atoms with van der Waals surface area (Å²) in [5.41, 5.74) is -9.99. The molecule has 6 aromatic carbocycles. The third-order valence-electron chi connectivity index (χ3n) is 10.2. The van der Waals surface area contributed by atoms with Crippen LogP contribution in [0.5, 0.6) is 11.5 Å². The molecule has 4 N–H and O–H groups in total. The molecule has 0 saturated carbocycles. The van der Waals surface area contributed by atoms with Gasteiger partial charge in [0.2, 0.25) is 5.41 Å². The molecule has 8 nitrogen and oxygen atoms in total. The summed E-state index contributed by atoms with van der Waals surface area (Å²) < 4.78 is 93.3. The first kappa shape index (κ1) is 36.4. The lowest BCUT2D eigenvalue weighted by Gasteiger charge is -2.40. The molecular weight excluding hydrogens is 777 g/mol. The molecule has 0 saturated heterocycles. The predicted molar refractivity (Wildman–Crippen MR) is 191 cm³/mol. The zero-order chi connectivity index (χ0) is 39.5. The van der Waals surface area contributed by atoms with Gasteiger partial charge in [-0.05, 0) is 59.7 Å². The number of phenolic OH excluding ortho intramolecular Hbond substituents is 2. The van der Waals surface area contributed by atoms with Crippen molar-refractivity contribution >= 4 is 67.9 Å². The highest BCUT2D eigenvalue weighted by atomic mass is 35.5. The van der Waals surface area contributed by atoms with E-state index in [0.29, 0.717) is 57.0 Å². The third kappa shape index (κ3) is 5.01. The van der Waals surface area contributed by atoms with Crippen LogP contribution in [0.25, 0.3) is 21.5 Å². The summed E-state index contributed by atoms with van der Waals surface area (Å²) in [5, 5.41) is 46.2. The van der Waals surface area contributed by atoms with Gasteiger partial charge in [-0.3, -0.25) is 19.4 Å². The molecule has 0 bridgehead atoms. The SMILES string of the molecule is O=C1c2cccc3c(Cl)ccc(c23)C(O)N1c1cc(C(c2ccc(O)c(N3C(=O)c4cccc5c(Cl)ccc(c45)C3O)c2)(C(F)(F)F)C(F)(F)F)ccc1O. The van der Waals surface area contributed by atoms with Crippen LogP contribution in [-0.2, 0) is 5.41 Å². The number of halogens is 8. The van der Waals surface area contributed by atoms with E-state index >= 15 is 26.3 Å². The summed E-state index contributed by atoms with van der Waals surface area (Å²) in [6.07, 6.45) is -16.5. The summed E-state index contributed by atoms with van der Waals surface area (Å²) in [6, 6.07) is 16.4. The van der Waals surface area contributed by atoms with Crippen molar-refractivity contribution in [3.8, 4) is 11.5 Å². The van der Waals surface area contributed by atoms with Gasteiger partial charge >= 0.3 is 12.4 Å². The fourth-order valence-corrected chi connectivity index (χ4v) is 8.15. The number of amides is 2. The number of hydrogen-bond acceptors (Lipinski definition) is 6. The molecule has 0 aromatic heterocycles. The first-order valence-corrected chi connectivity index (χ1v) is 16.9. The Kier molecular flexibility index (Phi) is 8.10. The summed E-state index contributed by atoms with van der Waals surface area (Å²) in [6.45, 7) is 0. The topological polar surface area (TPSA) is 122 Å². The van der Waals surface area contributed by atoms with Gasteiger partial charge in [0.25, 0.3) is 11.8 Å². The standard InChI is InChI=1S/C39H22Cl2F6N2O6/c40-25-11-9-23-31-19(25)3-1-5-21(31)33(52)48(35(23)54)27-15-17(7-13-29(27)50)37(38(42,43)44,39(45,46)47)18-8-14-30(51)28(16-18)49-34(53)22-6-2-4-20-26(41)12-10-24(32(20)22)36(49)55/h1-16,35-36,50-51,54-55H. The molecule has 2 unspecified atom stereocenters. The molecule has 2 amide bonds. The van der Waals surface area contributed by atoms with Crippen LogP contribution in [0, 0.1) is 0 Å². The zero-order valence-corrected chi connectivity index (χ0v) is 28.9. The molecule has 2 heterocycles. The lowest BCUT2D eigenvalue weighted by atomic mass is 9.72. The summed E-state index contributed by atoms with van der Waals surface area (Å²) in [7, 11) is 0. The lowest BCUT2D eigenvalue weighted by molar-refractivity contribution is -0.288. The molecule has 280 valence electrons. The molecule has 0 aliphatic carbocycles. The van der Waals surface area contributed by atoms with Gasteiger partial charge in [-0.15, -0.1) is 0 Å². The number of anilines is 2. The number of carbonyl (C=O) groups is 2. The smallest absolute Gasteiger partial charge is 0.411 e. The van der Waals surface area contributed by atoms with E-state index in [1.54, 1.807) is 12.1 Å². The van der Waals surface area contributed by atoms with E-state index in [-0.39, 0.29) is 43.1 Å². The second kappa shape index (κ2) is 12.2. The first-order chi connectivity index (χ1) is 25.9. The van der Waals surface area contributed by atoms with E-state index in [1.807, 2.05) is 0 Å². The fourth-order valence-electron chi connectivity index (χ4n) is 7.71. The van der Waals surface area contributed by atoms with Crippen LogP contribution < -0.4 is 9.80 Å². The number of aliphatic hydroxyl groups is 2. The van der Waals surface area contributed by atoms with E-state index < -0.39 is 76.0 Å². The van der Waals surface area contributed by atoms with Gasteiger partial charge < -0.3 is 20.4 Å². The number of aromatic hydroxyl groups is 2. The molecule has 0 fully saturated rings. The zero-order valence-electron chi connectivity index (χ0n) is 27.4. The van der Waals surface area contributed by atoms with Crippen molar-refractivity contribution < 1.29 is 56.4 Å². The second-order valence-electron chi connectivity index (χ2n) is 13.0. The van der Waals surface area contributed by atoms with Gasteiger partial charge in [-0.25, -0.2) is 0 Å². The van der Waals surface area contributed by atoms with E-state index in [1.165, 1.54) is 48.5 Å². The van der Waals surface area contributed by atoms with E-state index in [2.05, 4.69) is 0 Å². The number of carbonyl (C=O) groups excluding carboxylic acids is 2. The molecule has 2 aliphatic rings. The Bertz CT molecular complexity index is 2470. The number of rotatable bonds is 4. The second-order valence-corrected chi connectivity index (χ2v) is 13.8. The maximum atomic E-state index is 15.5. The third-order valence-corrected chi connectivity index (χ3v) is 10.8. The largest absolute Gasteiger partial charge is 0.506 e. The molecule has 55 heavy (non-hydrogen) atoms. The normalized spacial score (nSPS) is 17.4. The van der Waals surface area contributed by atoms with Crippen molar-refractivity contribution in [2.75, 3.05) is 9.80 Å². The maximum absolute atomic E-state index is 15.5. The average molecular weight is 800 g/mol. The number of benzene rings is 6. The van der Waals surface area contributed by atoms with Crippen molar-refractivity contribution in [3.63, 3.8) is 0 Å². The van der Waals surface area contributed by atoms with Crippen LogP contribution in [-0.4, -0.2) is 44.6 Å². The maximum Gasteiger partial charge on any atom is 0.411 e. The van der Waals surface area contributed by atoms with Crippen molar-refractivity contribution in [2.45, 2.75) is 30.2 Å². The van der Waals surface area contributed by atoms with Crippen LogP contribution in [0.15, 0.2) is 97.1 Å². The molecule has 6 aromatic rings. The predicted octanol–water partition coefficient (Wildman–Crippen LogP) is 9.42. The van der Waals surface area contributed by atoms with Gasteiger partial charge in [0.05, 0.1) is 11.4 Å². The summed E-state index contributed by atoms with van der Waals surface area (Å²) in [5.74, 6) is -4.02. The molecule has 0 spiro atoms. The fraction of sp³-hybridized carbons (Fsp3) is 0.128.